The van der Waals surface area contributed by atoms with Crippen molar-refractivity contribution >= 4 is 27.5 Å². The van der Waals surface area contributed by atoms with Gasteiger partial charge in [0.15, 0.2) is 5.75 Å². The fourth-order valence-corrected chi connectivity index (χ4v) is 3.31. The van der Waals surface area contributed by atoms with Crippen LogP contribution in [0, 0.1) is 11.3 Å². The Bertz CT molecular complexity index is 1010. The van der Waals surface area contributed by atoms with E-state index in [9.17, 15) is 19.8 Å². The van der Waals surface area contributed by atoms with Crippen molar-refractivity contribution in [2.45, 2.75) is 6.54 Å². The van der Waals surface area contributed by atoms with Crippen LogP contribution in [0.25, 0.3) is 10.2 Å². The van der Waals surface area contributed by atoms with E-state index in [1.165, 1.54) is 4.57 Å². The van der Waals surface area contributed by atoms with E-state index in [0.717, 1.165) is 16.9 Å². The highest BCUT2D eigenvalue weighted by atomic mass is 32.1. The van der Waals surface area contributed by atoms with Crippen LogP contribution < -0.4 is 5.56 Å². The molecular formula is C16H10N2O4S. The molecule has 0 aliphatic heterocycles. The van der Waals surface area contributed by atoms with E-state index in [1.807, 2.05) is 6.07 Å². The maximum atomic E-state index is 12.3. The number of aromatic hydroxyl groups is 1. The Kier molecular flexibility index (Phi) is 3.60. The Morgan fingerprint density at radius 1 is 1.26 bits per heavy atom. The Morgan fingerprint density at radius 3 is 2.57 bits per heavy atom. The number of thiophene rings is 1. The van der Waals surface area contributed by atoms with Crippen LogP contribution in [0.5, 0.6) is 5.75 Å². The summed E-state index contributed by atoms with van der Waals surface area (Å²) in [4.78, 5) is 23.6. The third kappa shape index (κ3) is 2.45. The molecule has 0 radical (unpaired) electrons. The van der Waals surface area contributed by atoms with Gasteiger partial charge in [0.2, 0.25) is 0 Å². The monoisotopic (exact) mass is 326 g/mol. The molecule has 0 spiro atoms. The van der Waals surface area contributed by atoms with Crippen LogP contribution >= 0.6 is 11.3 Å². The number of aromatic carboxylic acids is 1. The number of pyridine rings is 1. The lowest BCUT2D eigenvalue weighted by molar-refractivity contribution is 0.0695. The standard InChI is InChI=1S/C16H10N2O4S/c17-7-9-1-3-10(4-2-9)8-18-11-5-6-23-14(11)12(16(21)22)13(19)15(18)20/h1-6,19H,8H2,(H,21,22). The summed E-state index contributed by atoms with van der Waals surface area (Å²) in [5.41, 5.74) is 0.611. The van der Waals surface area contributed by atoms with Gasteiger partial charge in [0.25, 0.3) is 5.56 Å². The maximum Gasteiger partial charge on any atom is 0.341 e. The van der Waals surface area contributed by atoms with Gasteiger partial charge in [-0.3, -0.25) is 9.36 Å². The van der Waals surface area contributed by atoms with Crippen molar-refractivity contribution in [3.63, 3.8) is 0 Å². The van der Waals surface area contributed by atoms with Crippen LogP contribution in [-0.2, 0) is 6.54 Å². The minimum Gasteiger partial charge on any atom is -0.502 e. The molecule has 2 heterocycles. The van der Waals surface area contributed by atoms with Gasteiger partial charge in [-0.25, -0.2) is 4.79 Å². The number of hydrogen-bond acceptors (Lipinski definition) is 5. The van der Waals surface area contributed by atoms with Gasteiger partial charge in [0.05, 0.1) is 28.4 Å². The van der Waals surface area contributed by atoms with E-state index >= 15 is 0 Å². The highest BCUT2D eigenvalue weighted by Gasteiger charge is 2.22. The second-order valence-electron chi connectivity index (χ2n) is 4.86. The molecule has 3 rings (SSSR count). The Labute approximate surface area is 134 Å². The van der Waals surface area contributed by atoms with Crippen molar-refractivity contribution < 1.29 is 15.0 Å². The van der Waals surface area contributed by atoms with E-state index < -0.39 is 17.3 Å². The summed E-state index contributed by atoms with van der Waals surface area (Å²) in [5.74, 6) is -2.10. The van der Waals surface area contributed by atoms with Crippen molar-refractivity contribution in [1.82, 2.24) is 4.57 Å². The maximum absolute atomic E-state index is 12.3. The fourth-order valence-electron chi connectivity index (χ4n) is 2.38. The van der Waals surface area contributed by atoms with Gasteiger partial charge < -0.3 is 10.2 Å². The number of carbonyl (C=O) groups is 1. The first kappa shape index (κ1) is 14.8. The Morgan fingerprint density at radius 2 is 1.96 bits per heavy atom. The van der Waals surface area contributed by atoms with Crippen molar-refractivity contribution in [2.24, 2.45) is 0 Å². The molecule has 7 heteroatoms. The molecule has 0 aliphatic carbocycles. The topological polar surface area (TPSA) is 103 Å². The first-order valence-electron chi connectivity index (χ1n) is 6.58. The summed E-state index contributed by atoms with van der Waals surface area (Å²) in [6.45, 7) is 0.172. The van der Waals surface area contributed by atoms with Crippen LogP contribution in [-0.4, -0.2) is 20.7 Å². The molecule has 0 unspecified atom stereocenters. The zero-order valence-electron chi connectivity index (χ0n) is 11.7. The molecule has 0 fully saturated rings. The number of rotatable bonds is 3. The predicted octanol–water partition coefficient (Wildman–Crippen LogP) is 2.39. The number of aromatic nitrogens is 1. The lowest BCUT2D eigenvalue weighted by atomic mass is 10.1. The molecule has 3 aromatic rings. The summed E-state index contributed by atoms with van der Waals surface area (Å²) < 4.78 is 1.68. The molecule has 0 saturated carbocycles. The average molecular weight is 326 g/mol. The first-order valence-corrected chi connectivity index (χ1v) is 7.46. The van der Waals surface area contributed by atoms with E-state index in [4.69, 9.17) is 5.26 Å². The number of nitrogens with zero attached hydrogens (tertiary/aromatic N) is 2. The van der Waals surface area contributed by atoms with E-state index in [1.54, 1.807) is 35.7 Å². The van der Waals surface area contributed by atoms with Crippen molar-refractivity contribution in [1.29, 1.82) is 5.26 Å². The average Bonchev–Trinajstić information content (AvgIpc) is 3.01. The number of fused-ring (bicyclic) bond motifs is 1. The SMILES string of the molecule is N#Cc1ccc(Cn2c(=O)c(O)c(C(=O)O)c3sccc32)cc1. The fraction of sp³-hybridized carbons (Fsp3) is 0.0625. The normalized spacial score (nSPS) is 10.6. The quantitative estimate of drug-likeness (QED) is 0.769. The summed E-state index contributed by atoms with van der Waals surface area (Å²) in [6, 6.07) is 10.4. The molecule has 114 valence electrons. The van der Waals surface area contributed by atoms with E-state index in [-0.39, 0.29) is 12.1 Å². The van der Waals surface area contributed by atoms with Crippen LogP contribution in [0.1, 0.15) is 21.5 Å². The molecule has 0 amide bonds. The number of benzene rings is 1. The highest BCUT2D eigenvalue weighted by Crippen LogP contribution is 2.29. The van der Waals surface area contributed by atoms with Crippen LogP contribution in [0.3, 0.4) is 0 Å². The van der Waals surface area contributed by atoms with E-state index in [2.05, 4.69) is 0 Å². The number of hydrogen-bond donors (Lipinski definition) is 2. The molecule has 0 aliphatic rings. The van der Waals surface area contributed by atoms with Gasteiger partial charge in [-0.05, 0) is 29.1 Å². The van der Waals surface area contributed by atoms with Gasteiger partial charge in [0.1, 0.15) is 5.56 Å². The van der Waals surface area contributed by atoms with Crippen LogP contribution in [0.2, 0.25) is 0 Å². The summed E-state index contributed by atoms with van der Waals surface area (Å²) >= 11 is 1.15. The minimum atomic E-state index is -1.34. The predicted molar refractivity (Wildman–Crippen MR) is 85.0 cm³/mol. The van der Waals surface area contributed by atoms with Gasteiger partial charge in [0, 0.05) is 0 Å². The molecule has 0 bridgehead atoms. The van der Waals surface area contributed by atoms with Crippen molar-refractivity contribution in [3.8, 4) is 11.8 Å². The van der Waals surface area contributed by atoms with E-state index in [0.29, 0.717) is 15.8 Å². The number of nitriles is 1. The lowest BCUT2D eigenvalue weighted by Crippen LogP contribution is -2.22. The highest BCUT2D eigenvalue weighted by molar-refractivity contribution is 7.17. The molecule has 23 heavy (non-hydrogen) atoms. The third-order valence-corrected chi connectivity index (χ3v) is 4.41. The largest absolute Gasteiger partial charge is 0.502 e. The second-order valence-corrected chi connectivity index (χ2v) is 5.78. The van der Waals surface area contributed by atoms with Gasteiger partial charge in [-0.15, -0.1) is 11.3 Å². The van der Waals surface area contributed by atoms with Gasteiger partial charge in [-0.1, -0.05) is 12.1 Å². The zero-order valence-corrected chi connectivity index (χ0v) is 12.5. The van der Waals surface area contributed by atoms with Crippen LogP contribution in [0.15, 0.2) is 40.5 Å². The lowest BCUT2D eigenvalue weighted by Gasteiger charge is -2.11. The summed E-state index contributed by atoms with van der Waals surface area (Å²) in [5, 5.41) is 29.7. The molecule has 6 nitrogen and oxygen atoms in total. The molecule has 2 N–H and O–H groups in total. The van der Waals surface area contributed by atoms with Crippen LogP contribution in [0.4, 0.5) is 0 Å². The summed E-state index contributed by atoms with van der Waals surface area (Å²) in [6.07, 6.45) is 0. The number of carboxylic acids is 1. The number of carboxylic acid groups (broad SMARTS) is 1. The minimum absolute atomic E-state index is 0.172. The molecule has 2 aromatic heterocycles. The first-order chi connectivity index (χ1) is 11.0. The summed E-state index contributed by atoms with van der Waals surface area (Å²) in [7, 11) is 0. The molecule has 1 aromatic carbocycles. The smallest absolute Gasteiger partial charge is 0.341 e. The zero-order chi connectivity index (χ0) is 16.6. The van der Waals surface area contributed by atoms with Gasteiger partial charge in [-0.2, -0.15) is 5.26 Å². The Balaban J connectivity index is 2.18. The molecular weight excluding hydrogens is 316 g/mol. The van der Waals surface area contributed by atoms with Crippen molar-refractivity contribution in [2.75, 3.05) is 0 Å². The Hall–Kier alpha value is -3.11. The van der Waals surface area contributed by atoms with Crippen molar-refractivity contribution in [3.05, 3.63) is 62.8 Å². The second kappa shape index (κ2) is 5.59. The molecule has 0 saturated heterocycles. The molecule has 0 atom stereocenters. The van der Waals surface area contributed by atoms with Gasteiger partial charge >= 0.3 is 5.97 Å². The third-order valence-electron chi connectivity index (χ3n) is 3.48.